The largest absolute Gasteiger partial charge is 0.323 e. The molecule has 2 N–H and O–H groups in total. The number of hydrogen-bond donors (Lipinski definition) is 2. The molecule has 0 atom stereocenters. The third-order valence-corrected chi connectivity index (χ3v) is 4.74. The van der Waals surface area contributed by atoms with Crippen LogP contribution < -0.4 is 10.6 Å². The SMILES string of the molecule is Cc1nn(CCC(=O)Nc2cnn(C)c2C(=O)Nc2cnn(C)c2C)cc1Cl. The van der Waals surface area contributed by atoms with Gasteiger partial charge in [-0.2, -0.15) is 15.3 Å². The summed E-state index contributed by atoms with van der Waals surface area (Å²) in [6.07, 6.45) is 4.86. The maximum atomic E-state index is 12.7. The molecule has 3 rings (SSSR count). The van der Waals surface area contributed by atoms with Crippen molar-refractivity contribution in [1.82, 2.24) is 29.3 Å². The molecule has 3 heterocycles. The first-order valence-electron chi connectivity index (χ1n) is 8.57. The number of carbonyl (C=O) groups excluding carboxylic acids is 2. The van der Waals surface area contributed by atoms with Gasteiger partial charge in [0.05, 0.1) is 40.2 Å². The molecular formula is C17H21ClN8O2. The molecule has 0 aliphatic rings. The lowest BCUT2D eigenvalue weighted by molar-refractivity contribution is -0.116. The first kappa shape index (κ1) is 19.6. The fourth-order valence-electron chi connectivity index (χ4n) is 2.64. The zero-order chi connectivity index (χ0) is 20.4. The molecule has 0 bridgehead atoms. The average molecular weight is 405 g/mol. The number of anilines is 2. The zero-order valence-electron chi connectivity index (χ0n) is 16.0. The van der Waals surface area contributed by atoms with Crippen LogP contribution in [0.4, 0.5) is 11.4 Å². The van der Waals surface area contributed by atoms with Gasteiger partial charge < -0.3 is 10.6 Å². The molecular weight excluding hydrogens is 384 g/mol. The molecule has 0 aliphatic heterocycles. The second-order valence-corrected chi connectivity index (χ2v) is 6.78. The van der Waals surface area contributed by atoms with Gasteiger partial charge in [0.25, 0.3) is 5.91 Å². The molecule has 0 spiro atoms. The Morgan fingerprint density at radius 3 is 2.36 bits per heavy atom. The van der Waals surface area contributed by atoms with Gasteiger partial charge in [0, 0.05) is 33.3 Å². The summed E-state index contributed by atoms with van der Waals surface area (Å²) in [4.78, 5) is 25.0. The van der Waals surface area contributed by atoms with Crippen LogP contribution in [0.3, 0.4) is 0 Å². The quantitative estimate of drug-likeness (QED) is 0.651. The first-order valence-corrected chi connectivity index (χ1v) is 8.95. The number of hydrogen-bond acceptors (Lipinski definition) is 5. The van der Waals surface area contributed by atoms with Crippen LogP contribution >= 0.6 is 11.6 Å². The highest BCUT2D eigenvalue weighted by Gasteiger charge is 2.20. The Labute approximate surface area is 166 Å². The van der Waals surface area contributed by atoms with Crippen molar-refractivity contribution < 1.29 is 9.59 Å². The smallest absolute Gasteiger partial charge is 0.276 e. The molecule has 0 aliphatic carbocycles. The third-order valence-electron chi connectivity index (χ3n) is 4.37. The number of aryl methyl sites for hydroxylation is 4. The standard InChI is InChI=1S/C17H21ClN8O2/c1-10-12(18)9-26(23-10)6-5-15(27)21-14-8-20-25(4)16(14)17(28)22-13-7-19-24(3)11(13)2/h7-9H,5-6H2,1-4H3,(H,21,27)(H,22,28). The molecule has 0 radical (unpaired) electrons. The van der Waals surface area contributed by atoms with Crippen LogP contribution in [0.5, 0.6) is 0 Å². The van der Waals surface area contributed by atoms with Crippen molar-refractivity contribution in [3.05, 3.63) is 40.7 Å². The maximum Gasteiger partial charge on any atom is 0.276 e. The van der Waals surface area contributed by atoms with Gasteiger partial charge in [0.2, 0.25) is 5.91 Å². The molecule has 0 saturated heterocycles. The van der Waals surface area contributed by atoms with Gasteiger partial charge in [-0.3, -0.25) is 23.6 Å². The van der Waals surface area contributed by atoms with Gasteiger partial charge >= 0.3 is 0 Å². The molecule has 28 heavy (non-hydrogen) atoms. The monoisotopic (exact) mass is 404 g/mol. The van der Waals surface area contributed by atoms with E-state index in [1.54, 1.807) is 42.8 Å². The summed E-state index contributed by atoms with van der Waals surface area (Å²) in [5.74, 6) is -0.648. The van der Waals surface area contributed by atoms with Crippen molar-refractivity contribution in [1.29, 1.82) is 0 Å². The molecule has 148 valence electrons. The average Bonchev–Trinajstić information content (AvgIpc) is 3.27. The maximum absolute atomic E-state index is 12.7. The molecule has 0 fully saturated rings. The van der Waals surface area contributed by atoms with Crippen molar-refractivity contribution in [3.63, 3.8) is 0 Å². The molecule has 11 heteroatoms. The van der Waals surface area contributed by atoms with E-state index in [-0.39, 0.29) is 23.9 Å². The Kier molecular flexibility index (Phi) is 5.50. The van der Waals surface area contributed by atoms with Crippen molar-refractivity contribution in [2.45, 2.75) is 26.8 Å². The number of nitrogens with zero attached hydrogens (tertiary/aromatic N) is 6. The minimum absolute atomic E-state index is 0.176. The van der Waals surface area contributed by atoms with Crippen LogP contribution in [0.1, 0.15) is 28.3 Å². The number of aromatic nitrogens is 6. The summed E-state index contributed by atoms with van der Waals surface area (Å²) in [6.45, 7) is 4.01. The van der Waals surface area contributed by atoms with Crippen molar-refractivity contribution in [2.75, 3.05) is 10.6 Å². The lowest BCUT2D eigenvalue weighted by Crippen LogP contribution is -2.21. The van der Waals surface area contributed by atoms with E-state index in [4.69, 9.17) is 11.6 Å². The zero-order valence-corrected chi connectivity index (χ0v) is 16.8. The second-order valence-electron chi connectivity index (χ2n) is 6.38. The van der Waals surface area contributed by atoms with E-state index in [2.05, 4.69) is 25.9 Å². The molecule has 0 aromatic carbocycles. The Morgan fingerprint density at radius 1 is 1.07 bits per heavy atom. The van der Waals surface area contributed by atoms with Crippen LogP contribution in [-0.2, 0) is 25.4 Å². The van der Waals surface area contributed by atoms with Crippen LogP contribution in [0.25, 0.3) is 0 Å². The van der Waals surface area contributed by atoms with Gasteiger partial charge in [0.15, 0.2) is 0 Å². The summed E-state index contributed by atoms with van der Waals surface area (Å²) in [6, 6.07) is 0. The third kappa shape index (κ3) is 4.06. The van der Waals surface area contributed by atoms with E-state index < -0.39 is 0 Å². The molecule has 3 aromatic rings. The summed E-state index contributed by atoms with van der Waals surface area (Å²) >= 11 is 5.97. The highest BCUT2D eigenvalue weighted by atomic mass is 35.5. The van der Waals surface area contributed by atoms with E-state index in [9.17, 15) is 9.59 Å². The van der Waals surface area contributed by atoms with Crippen molar-refractivity contribution in [2.24, 2.45) is 14.1 Å². The molecule has 10 nitrogen and oxygen atoms in total. The van der Waals surface area contributed by atoms with Crippen molar-refractivity contribution in [3.8, 4) is 0 Å². The Morgan fingerprint density at radius 2 is 1.75 bits per heavy atom. The summed E-state index contributed by atoms with van der Waals surface area (Å²) < 4.78 is 4.68. The molecule has 2 amide bonds. The lowest BCUT2D eigenvalue weighted by Gasteiger charge is -2.09. The van der Waals surface area contributed by atoms with Gasteiger partial charge in [-0.1, -0.05) is 11.6 Å². The number of amides is 2. The van der Waals surface area contributed by atoms with Crippen LogP contribution in [0.15, 0.2) is 18.6 Å². The summed E-state index contributed by atoms with van der Waals surface area (Å²) in [7, 11) is 3.42. The fraction of sp³-hybridized carbons (Fsp3) is 0.353. The predicted molar refractivity (Wildman–Crippen MR) is 104 cm³/mol. The number of carbonyl (C=O) groups is 2. The Hall–Kier alpha value is -3.14. The van der Waals surface area contributed by atoms with E-state index in [1.165, 1.54) is 10.9 Å². The van der Waals surface area contributed by atoms with Gasteiger partial charge in [-0.15, -0.1) is 0 Å². The van der Waals surface area contributed by atoms with E-state index in [0.717, 1.165) is 5.69 Å². The molecule has 0 unspecified atom stereocenters. The van der Waals surface area contributed by atoms with Crippen LogP contribution in [-0.4, -0.2) is 41.2 Å². The number of nitrogens with one attached hydrogen (secondary N) is 2. The topological polar surface area (TPSA) is 112 Å². The first-order chi connectivity index (χ1) is 13.3. The number of rotatable bonds is 6. The van der Waals surface area contributed by atoms with E-state index in [0.29, 0.717) is 28.6 Å². The Bertz CT molecular complexity index is 1010. The fourth-order valence-corrected chi connectivity index (χ4v) is 2.79. The predicted octanol–water partition coefficient (Wildman–Crippen LogP) is 1.90. The van der Waals surface area contributed by atoms with Gasteiger partial charge in [-0.05, 0) is 13.8 Å². The van der Waals surface area contributed by atoms with Crippen molar-refractivity contribution >= 4 is 34.8 Å². The minimum atomic E-state index is -0.388. The highest BCUT2D eigenvalue weighted by Crippen LogP contribution is 2.19. The summed E-state index contributed by atoms with van der Waals surface area (Å²) in [5, 5.41) is 18.5. The highest BCUT2D eigenvalue weighted by molar-refractivity contribution is 6.31. The summed E-state index contributed by atoms with van der Waals surface area (Å²) in [5.41, 5.74) is 2.70. The molecule has 0 saturated carbocycles. The van der Waals surface area contributed by atoms with E-state index in [1.807, 2.05) is 6.92 Å². The normalized spacial score (nSPS) is 10.9. The number of halogens is 1. The van der Waals surface area contributed by atoms with Gasteiger partial charge in [0.1, 0.15) is 5.69 Å². The van der Waals surface area contributed by atoms with E-state index >= 15 is 0 Å². The lowest BCUT2D eigenvalue weighted by atomic mass is 10.3. The Balaban J connectivity index is 1.67. The minimum Gasteiger partial charge on any atom is -0.323 e. The van der Waals surface area contributed by atoms with Gasteiger partial charge in [-0.25, -0.2) is 0 Å². The van der Waals surface area contributed by atoms with Crippen LogP contribution in [0, 0.1) is 13.8 Å². The van der Waals surface area contributed by atoms with Crippen LogP contribution in [0.2, 0.25) is 5.02 Å². The molecule has 3 aromatic heterocycles. The second kappa shape index (κ2) is 7.85.